The van der Waals surface area contributed by atoms with Crippen molar-refractivity contribution in [3.8, 4) is 5.75 Å². The molecule has 4 atom stereocenters. The first-order chi connectivity index (χ1) is 18.0. The third kappa shape index (κ3) is 4.73. The van der Waals surface area contributed by atoms with Crippen LogP contribution in [0.5, 0.6) is 5.75 Å². The van der Waals surface area contributed by atoms with Crippen molar-refractivity contribution in [2.75, 3.05) is 11.5 Å². The molecule has 5 rings (SSSR count). The van der Waals surface area contributed by atoms with Gasteiger partial charge in [0, 0.05) is 0 Å². The summed E-state index contributed by atoms with van der Waals surface area (Å²) in [5.74, 6) is -2.02. The monoisotopic (exact) mass is 500 g/mol. The quantitative estimate of drug-likeness (QED) is 0.431. The fourth-order valence-electron chi connectivity index (χ4n) is 5.07. The second-order valence-corrected chi connectivity index (χ2v) is 9.15. The topological polar surface area (TPSA) is 96.4 Å². The van der Waals surface area contributed by atoms with Crippen LogP contribution in [0.4, 0.5) is 5.69 Å². The number of anilines is 1. The van der Waals surface area contributed by atoms with Gasteiger partial charge < -0.3 is 9.84 Å². The Bertz CT molecular complexity index is 1260. The van der Waals surface area contributed by atoms with E-state index in [2.05, 4.69) is 0 Å². The highest BCUT2D eigenvalue weighted by atomic mass is 16.7. The number of carbonyl (C=O) groups excluding carboxylic acids is 2. The molecule has 3 aromatic carbocycles. The SMILES string of the molecule is CCCOc1ccc(N2C(=O)[C@@H]3[C@@H](ON([C@H](CC(=O)O)c4ccccc4)[C@H]3c3ccccc3)C2=O)cc1. The van der Waals surface area contributed by atoms with E-state index in [4.69, 9.17) is 9.57 Å². The van der Waals surface area contributed by atoms with Crippen LogP contribution in [0.3, 0.4) is 0 Å². The number of aliphatic carboxylic acids is 1. The molecule has 0 aliphatic carbocycles. The summed E-state index contributed by atoms with van der Waals surface area (Å²) >= 11 is 0. The van der Waals surface area contributed by atoms with Gasteiger partial charge in [0.2, 0.25) is 5.91 Å². The van der Waals surface area contributed by atoms with Gasteiger partial charge in [0.05, 0.1) is 36.7 Å². The minimum Gasteiger partial charge on any atom is -0.494 e. The number of carboxylic acid groups (broad SMARTS) is 1. The Morgan fingerprint density at radius 3 is 2.22 bits per heavy atom. The molecular formula is C29H28N2O6. The zero-order chi connectivity index (χ0) is 25.9. The van der Waals surface area contributed by atoms with Crippen molar-refractivity contribution >= 4 is 23.5 Å². The van der Waals surface area contributed by atoms with Crippen LogP contribution >= 0.6 is 0 Å². The number of carbonyl (C=O) groups is 3. The van der Waals surface area contributed by atoms with Crippen molar-refractivity contribution in [2.24, 2.45) is 5.92 Å². The first-order valence-electron chi connectivity index (χ1n) is 12.4. The molecule has 2 aliphatic rings. The summed E-state index contributed by atoms with van der Waals surface area (Å²) < 4.78 is 5.62. The lowest BCUT2D eigenvalue weighted by Crippen LogP contribution is -2.39. The number of hydroxylamine groups is 2. The van der Waals surface area contributed by atoms with Crippen molar-refractivity contribution in [1.29, 1.82) is 0 Å². The minimum absolute atomic E-state index is 0.252. The van der Waals surface area contributed by atoms with Crippen LogP contribution in [-0.4, -0.2) is 40.7 Å². The van der Waals surface area contributed by atoms with Gasteiger partial charge in [-0.15, -0.1) is 0 Å². The number of nitrogens with zero attached hydrogens (tertiary/aromatic N) is 2. The van der Waals surface area contributed by atoms with Crippen LogP contribution in [0.1, 0.15) is 43.0 Å². The van der Waals surface area contributed by atoms with Crippen LogP contribution in [0, 0.1) is 5.92 Å². The summed E-state index contributed by atoms with van der Waals surface area (Å²) in [5, 5.41) is 11.2. The van der Waals surface area contributed by atoms with Gasteiger partial charge in [-0.2, -0.15) is 5.06 Å². The number of imide groups is 1. The van der Waals surface area contributed by atoms with Crippen molar-refractivity contribution in [3.05, 3.63) is 96.1 Å². The lowest BCUT2D eigenvalue weighted by molar-refractivity contribution is -0.197. The molecule has 3 aromatic rings. The van der Waals surface area contributed by atoms with Gasteiger partial charge in [-0.1, -0.05) is 67.6 Å². The highest BCUT2D eigenvalue weighted by Crippen LogP contribution is 2.49. The van der Waals surface area contributed by atoms with Gasteiger partial charge in [-0.25, -0.2) is 4.90 Å². The van der Waals surface area contributed by atoms with Gasteiger partial charge in [0.15, 0.2) is 6.10 Å². The van der Waals surface area contributed by atoms with E-state index < -0.39 is 36.0 Å². The van der Waals surface area contributed by atoms with Gasteiger partial charge in [0.25, 0.3) is 5.91 Å². The van der Waals surface area contributed by atoms with E-state index in [-0.39, 0.29) is 12.3 Å². The molecule has 0 bridgehead atoms. The molecule has 8 nitrogen and oxygen atoms in total. The molecule has 0 radical (unpaired) electrons. The van der Waals surface area contributed by atoms with Crippen LogP contribution in [-0.2, 0) is 19.2 Å². The largest absolute Gasteiger partial charge is 0.494 e. The second-order valence-electron chi connectivity index (χ2n) is 9.15. The number of hydrogen-bond acceptors (Lipinski definition) is 6. The summed E-state index contributed by atoms with van der Waals surface area (Å²) in [6, 6.07) is 23.9. The van der Waals surface area contributed by atoms with Crippen molar-refractivity contribution < 1.29 is 29.1 Å². The Morgan fingerprint density at radius 1 is 0.946 bits per heavy atom. The third-order valence-corrected chi connectivity index (χ3v) is 6.71. The Balaban J connectivity index is 1.51. The maximum Gasteiger partial charge on any atom is 0.305 e. The number of fused-ring (bicyclic) bond motifs is 1. The zero-order valence-corrected chi connectivity index (χ0v) is 20.4. The summed E-state index contributed by atoms with van der Waals surface area (Å²) in [4.78, 5) is 46.6. The average molecular weight is 501 g/mol. The molecule has 8 heteroatoms. The Hall–Kier alpha value is -4.01. The highest BCUT2D eigenvalue weighted by Gasteiger charge is 2.61. The first kappa shape index (κ1) is 24.7. The standard InChI is InChI=1S/C29H28N2O6/c1-2-17-36-22-15-13-21(14-16-22)30-28(34)25-26(20-11-7-4-8-12-20)31(37-27(25)29(30)35)23(18-24(32)33)19-9-5-3-6-10-19/h3-16,23,25-27H,2,17-18H2,1H3,(H,32,33)/t23-,25+,26+,27-/m1/s1. The predicted molar refractivity (Wildman–Crippen MR) is 136 cm³/mol. The zero-order valence-electron chi connectivity index (χ0n) is 20.4. The van der Waals surface area contributed by atoms with Gasteiger partial charge in [-0.05, 0) is 41.8 Å². The van der Waals surface area contributed by atoms with Crippen LogP contribution in [0.25, 0.3) is 0 Å². The molecule has 2 amide bonds. The highest BCUT2D eigenvalue weighted by molar-refractivity contribution is 6.23. The molecule has 0 unspecified atom stereocenters. The van der Waals surface area contributed by atoms with Crippen molar-refractivity contribution in [1.82, 2.24) is 5.06 Å². The van der Waals surface area contributed by atoms with E-state index in [0.717, 1.165) is 17.5 Å². The Morgan fingerprint density at radius 2 is 1.59 bits per heavy atom. The number of rotatable bonds is 9. The van der Waals surface area contributed by atoms with Gasteiger partial charge >= 0.3 is 5.97 Å². The maximum atomic E-state index is 13.8. The molecule has 2 fully saturated rings. The fraction of sp³-hybridized carbons (Fsp3) is 0.276. The summed E-state index contributed by atoms with van der Waals surface area (Å²) in [6.45, 7) is 2.59. The lowest BCUT2D eigenvalue weighted by atomic mass is 9.89. The second kappa shape index (κ2) is 10.5. The number of ether oxygens (including phenoxy) is 1. The molecular weight excluding hydrogens is 472 g/mol. The van der Waals surface area contributed by atoms with Gasteiger partial charge in [-0.3, -0.25) is 19.2 Å². The molecule has 1 N–H and O–H groups in total. The van der Waals surface area contributed by atoms with Crippen LogP contribution in [0.2, 0.25) is 0 Å². The van der Waals surface area contributed by atoms with E-state index >= 15 is 0 Å². The lowest BCUT2D eigenvalue weighted by Gasteiger charge is -2.33. The van der Waals surface area contributed by atoms with Gasteiger partial charge in [0.1, 0.15) is 5.75 Å². The number of amides is 2. The molecule has 0 saturated carbocycles. The van der Waals surface area contributed by atoms with Crippen molar-refractivity contribution in [3.63, 3.8) is 0 Å². The van der Waals surface area contributed by atoms with E-state index in [9.17, 15) is 19.5 Å². The summed E-state index contributed by atoms with van der Waals surface area (Å²) in [6.07, 6.45) is -0.443. The molecule has 0 spiro atoms. The number of carboxylic acids is 1. The maximum absolute atomic E-state index is 13.8. The molecule has 37 heavy (non-hydrogen) atoms. The number of hydrogen-bond donors (Lipinski definition) is 1. The minimum atomic E-state index is -1.06. The summed E-state index contributed by atoms with van der Waals surface area (Å²) in [7, 11) is 0. The fourth-order valence-corrected chi connectivity index (χ4v) is 5.07. The summed E-state index contributed by atoms with van der Waals surface area (Å²) in [5.41, 5.74) is 1.94. The first-order valence-corrected chi connectivity index (χ1v) is 12.4. The molecule has 2 heterocycles. The van der Waals surface area contributed by atoms with E-state index in [0.29, 0.717) is 18.0 Å². The van der Waals surface area contributed by atoms with E-state index in [1.807, 2.05) is 67.6 Å². The Kier molecular flexibility index (Phi) is 7.03. The third-order valence-electron chi connectivity index (χ3n) is 6.71. The van der Waals surface area contributed by atoms with E-state index in [1.165, 1.54) is 4.90 Å². The number of benzene rings is 3. The predicted octanol–water partition coefficient (Wildman–Crippen LogP) is 4.54. The molecule has 190 valence electrons. The van der Waals surface area contributed by atoms with Crippen molar-refractivity contribution in [2.45, 2.75) is 38.0 Å². The molecule has 0 aromatic heterocycles. The smallest absolute Gasteiger partial charge is 0.305 e. The van der Waals surface area contributed by atoms with E-state index in [1.54, 1.807) is 29.3 Å². The molecule has 2 aliphatic heterocycles. The average Bonchev–Trinajstić information content (AvgIpc) is 3.42. The Labute approximate surface area is 215 Å². The van der Waals surface area contributed by atoms with Crippen LogP contribution < -0.4 is 9.64 Å². The van der Waals surface area contributed by atoms with Crippen LogP contribution in [0.15, 0.2) is 84.9 Å². The molecule has 2 saturated heterocycles. The normalized spacial score (nSPS) is 22.2.